The molecule has 1 aromatic heterocycles. The van der Waals surface area contributed by atoms with Crippen LogP contribution in [0.4, 0.5) is 36.2 Å². The van der Waals surface area contributed by atoms with Crippen molar-refractivity contribution in [1.29, 1.82) is 0 Å². The molecule has 12 heteroatoms. The maximum Gasteiger partial charge on any atom is 0.501 e. The van der Waals surface area contributed by atoms with Crippen molar-refractivity contribution in [2.75, 3.05) is 11.5 Å². The maximum absolute atomic E-state index is 12.5. The van der Waals surface area contributed by atoms with Gasteiger partial charge < -0.3 is 11.5 Å². The highest BCUT2D eigenvalue weighted by Crippen LogP contribution is 2.33. The molecule has 8 nitrogen and oxygen atoms in total. The van der Waals surface area contributed by atoms with Gasteiger partial charge in [0.25, 0.3) is 9.84 Å². The van der Waals surface area contributed by atoms with E-state index in [0.717, 1.165) is 18.2 Å². The zero-order valence-corrected chi connectivity index (χ0v) is 11.5. The predicted octanol–water partition coefficient (Wildman–Crippen LogP) is 2.28. The third-order valence-electron chi connectivity index (χ3n) is 2.49. The van der Waals surface area contributed by atoms with Crippen molar-refractivity contribution in [3.8, 4) is 0 Å². The van der Waals surface area contributed by atoms with Crippen molar-refractivity contribution in [2.45, 2.75) is 10.4 Å². The number of anilines is 2. The standard InChI is InChI=1S/C10H9F3N6O2S/c11-10(12,13)22(20,21)6-3-1-2-5(4-6)16-17-7-8(14)18-19-9(7)15/h1-4H,(H5,14,15,18,19). The van der Waals surface area contributed by atoms with Crippen molar-refractivity contribution < 1.29 is 21.6 Å². The average Bonchev–Trinajstić information content (AvgIpc) is 2.75. The van der Waals surface area contributed by atoms with Crippen LogP contribution in [0.3, 0.4) is 0 Å². The van der Waals surface area contributed by atoms with Gasteiger partial charge in [0.05, 0.1) is 10.6 Å². The molecule has 118 valence electrons. The smallest absolute Gasteiger partial charge is 0.382 e. The second kappa shape index (κ2) is 5.29. The topological polar surface area (TPSA) is 140 Å². The van der Waals surface area contributed by atoms with Crippen LogP contribution in [0, 0.1) is 0 Å². The number of azo groups is 1. The van der Waals surface area contributed by atoms with Crippen LogP contribution >= 0.6 is 0 Å². The number of nitrogen functional groups attached to an aromatic ring is 2. The van der Waals surface area contributed by atoms with Gasteiger partial charge in [-0.2, -0.15) is 23.4 Å². The monoisotopic (exact) mass is 334 g/mol. The van der Waals surface area contributed by atoms with Gasteiger partial charge in [0, 0.05) is 0 Å². The number of benzene rings is 1. The molecule has 2 aromatic rings. The first-order valence-electron chi connectivity index (χ1n) is 5.55. The second-order valence-electron chi connectivity index (χ2n) is 4.02. The number of sulfone groups is 1. The Morgan fingerprint density at radius 2 is 1.86 bits per heavy atom. The number of nitrogens with zero attached hydrogens (tertiary/aromatic N) is 3. The molecule has 0 radical (unpaired) electrons. The summed E-state index contributed by atoms with van der Waals surface area (Å²) in [5.41, 5.74) is 5.39. The first-order chi connectivity index (χ1) is 10.1. The molecule has 0 bridgehead atoms. The molecule has 22 heavy (non-hydrogen) atoms. The largest absolute Gasteiger partial charge is 0.501 e. The van der Waals surface area contributed by atoms with Gasteiger partial charge >= 0.3 is 5.51 Å². The maximum atomic E-state index is 12.5. The summed E-state index contributed by atoms with van der Waals surface area (Å²) in [6, 6.07) is 3.92. The third-order valence-corrected chi connectivity index (χ3v) is 3.98. The van der Waals surface area contributed by atoms with Gasteiger partial charge in [-0.05, 0) is 18.2 Å². The van der Waals surface area contributed by atoms with Crippen LogP contribution in [0.1, 0.15) is 0 Å². The SMILES string of the molecule is Nc1n[nH]c(N)c1N=Nc1cccc(S(=O)(=O)C(F)(F)F)c1. The van der Waals surface area contributed by atoms with Crippen molar-refractivity contribution in [3.05, 3.63) is 24.3 Å². The molecule has 0 aliphatic heterocycles. The highest BCUT2D eigenvalue weighted by Gasteiger charge is 2.46. The van der Waals surface area contributed by atoms with E-state index >= 15 is 0 Å². The lowest BCUT2D eigenvalue weighted by Crippen LogP contribution is -2.23. The summed E-state index contributed by atoms with van der Waals surface area (Å²) in [5, 5.41) is 13.1. The van der Waals surface area contributed by atoms with E-state index in [0.29, 0.717) is 0 Å². The van der Waals surface area contributed by atoms with E-state index in [1.807, 2.05) is 0 Å². The summed E-state index contributed by atoms with van der Waals surface area (Å²) < 4.78 is 60.0. The number of halogens is 3. The number of hydrogen-bond acceptors (Lipinski definition) is 7. The molecule has 0 amide bonds. The quantitative estimate of drug-likeness (QED) is 0.739. The van der Waals surface area contributed by atoms with Crippen molar-refractivity contribution in [1.82, 2.24) is 10.2 Å². The number of hydrogen-bond donors (Lipinski definition) is 3. The molecule has 0 aliphatic carbocycles. The first-order valence-corrected chi connectivity index (χ1v) is 7.03. The molecule has 0 fully saturated rings. The van der Waals surface area contributed by atoms with Crippen LogP contribution in [-0.2, 0) is 9.84 Å². The van der Waals surface area contributed by atoms with Crippen molar-refractivity contribution in [2.24, 2.45) is 10.2 Å². The number of aromatic amines is 1. The van der Waals surface area contributed by atoms with Crippen molar-refractivity contribution >= 4 is 32.8 Å². The Balaban J connectivity index is 2.38. The molecule has 5 N–H and O–H groups in total. The summed E-state index contributed by atoms with van der Waals surface area (Å²) in [6.07, 6.45) is 0. The first kappa shape index (κ1) is 15.8. The molecule has 1 aromatic carbocycles. The van der Waals surface area contributed by atoms with Crippen molar-refractivity contribution in [3.63, 3.8) is 0 Å². The molecule has 0 saturated carbocycles. The molecule has 0 aliphatic rings. The summed E-state index contributed by atoms with van der Waals surface area (Å²) in [4.78, 5) is -0.940. The summed E-state index contributed by atoms with van der Waals surface area (Å²) >= 11 is 0. The van der Waals surface area contributed by atoms with E-state index in [2.05, 4.69) is 20.4 Å². The number of nitrogens with one attached hydrogen (secondary N) is 1. The van der Waals surface area contributed by atoms with Crippen LogP contribution in [0.25, 0.3) is 0 Å². The van der Waals surface area contributed by atoms with E-state index in [-0.39, 0.29) is 23.0 Å². The Morgan fingerprint density at radius 3 is 2.41 bits per heavy atom. The van der Waals surface area contributed by atoms with Gasteiger partial charge in [-0.3, -0.25) is 5.10 Å². The van der Waals surface area contributed by atoms with Gasteiger partial charge in [-0.1, -0.05) is 6.07 Å². The fourth-order valence-corrected chi connectivity index (χ4v) is 2.22. The predicted molar refractivity (Wildman–Crippen MR) is 71.3 cm³/mol. The zero-order chi connectivity index (χ0) is 16.5. The molecular formula is C10H9F3N6O2S. The van der Waals surface area contributed by atoms with Gasteiger partial charge in [-0.15, -0.1) is 5.11 Å². The number of rotatable bonds is 3. The summed E-state index contributed by atoms with van der Waals surface area (Å²) in [6.45, 7) is 0. The van der Waals surface area contributed by atoms with Crippen LogP contribution in [0.5, 0.6) is 0 Å². The van der Waals surface area contributed by atoms with Gasteiger partial charge in [0.15, 0.2) is 11.5 Å². The minimum absolute atomic E-state index is 0.00378. The fourth-order valence-electron chi connectivity index (χ4n) is 1.42. The van der Waals surface area contributed by atoms with Crippen LogP contribution < -0.4 is 11.5 Å². The van der Waals surface area contributed by atoms with E-state index in [9.17, 15) is 21.6 Å². The second-order valence-corrected chi connectivity index (χ2v) is 5.96. The molecule has 0 spiro atoms. The van der Waals surface area contributed by atoms with E-state index in [1.54, 1.807) is 0 Å². The lowest BCUT2D eigenvalue weighted by Gasteiger charge is -2.07. The molecule has 1 heterocycles. The van der Waals surface area contributed by atoms with Gasteiger partial charge in [-0.25, -0.2) is 8.42 Å². The lowest BCUT2D eigenvalue weighted by atomic mass is 10.3. The summed E-state index contributed by atoms with van der Waals surface area (Å²) in [7, 11) is -5.46. The molecule has 0 atom stereocenters. The average molecular weight is 334 g/mol. The van der Waals surface area contributed by atoms with Crippen LogP contribution in [0.15, 0.2) is 39.4 Å². The number of aromatic nitrogens is 2. The Kier molecular flexibility index (Phi) is 3.79. The Morgan fingerprint density at radius 1 is 1.18 bits per heavy atom. The lowest BCUT2D eigenvalue weighted by molar-refractivity contribution is -0.0435. The Labute approximate surface area is 121 Å². The van der Waals surface area contributed by atoms with E-state index < -0.39 is 20.2 Å². The minimum atomic E-state index is -5.46. The molecular weight excluding hydrogens is 325 g/mol. The Bertz CT molecular complexity index is 808. The number of alkyl halides is 3. The van der Waals surface area contributed by atoms with E-state index in [4.69, 9.17) is 11.5 Å². The Hall–Kier alpha value is -2.63. The van der Waals surface area contributed by atoms with Gasteiger partial charge in [0.1, 0.15) is 5.82 Å². The van der Waals surface area contributed by atoms with Crippen LogP contribution in [-0.4, -0.2) is 24.1 Å². The highest BCUT2D eigenvalue weighted by molar-refractivity contribution is 7.92. The summed E-state index contributed by atoms with van der Waals surface area (Å²) in [5.74, 6) is -0.0411. The van der Waals surface area contributed by atoms with Crippen LogP contribution in [0.2, 0.25) is 0 Å². The number of H-pyrrole nitrogens is 1. The van der Waals surface area contributed by atoms with E-state index in [1.165, 1.54) is 6.07 Å². The molecule has 2 rings (SSSR count). The minimum Gasteiger partial charge on any atom is -0.382 e. The highest BCUT2D eigenvalue weighted by atomic mass is 32.2. The van der Waals surface area contributed by atoms with Gasteiger partial charge in [0.2, 0.25) is 0 Å². The fraction of sp³-hybridized carbons (Fsp3) is 0.100. The third kappa shape index (κ3) is 2.86. The molecule has 0 unspecified atom stereocenters. The number of nitrogens with two attached hydrogens (primary N) is 2. The zero-order valence-electron chi connectivity index (χ0n) is 10.7. The molecule has 0 saturated heterocycles. The normalized spacial score (nSPS) is 12.9.